The van der Waals surface area contributed by atoms with Crippen molar-refractivity contribution in [3.05, 3.63) is 35.2 Å². The van der Waals surface area contributed by atoms with Crippen molar-refractivity contribution < 1.29 is 18.8 Å². The van der Waals surface area contributed by atoms with Gasteiger partial charge in [-0.15, -0.1) is 0 Å². The normalized spacial score (nSPS) is 13.8. The Morgan fingerprint density at radius 2 is 1.91 bits per heavy atom. The lowest BCUT2D eigenvalue weighted by Crippen LogP contribution is -2.14. The van der Waals surface area contributed by atoms with E-state index in [-0.39, 0.29) is 5.91 Å². The van der Waals surface area contributed by atoms with Crippen molar-refractivity contribution in [2.75, 3.05) is 19.5 Å². The number of amides is 1. The number of aromatic nitrogens is 1. The van der Waals surface area contributed by atoms with E-state index in [0.29, 0.717) is 22.9 Å². The van der Waals surface area contributed by atoms with Gasteiger partial charge >= 0.3 is 0 Å². The highest BCUT2D eigenvalue weighted by molar-refractivity contribution is 6.04. The molecule has 1 N–H and O–H groups in total. The van der Waals surface area contributed by atoms with Crippen LogP contribution in [0.3, 0.4) is 0 Å². The number of nitrogens with zero attached hydrogens (tertiary/aromatic N) is 1. The van der Waals surface area contributed by atoms with E-state index < -0.39 is 0 Å². The summed E-state index contributed by atoms with van der Waals surface area (Å²) in [5.41, 5.74) is 1.95. The third kappa shape index (κ3) is 3.16. The molecule has 0 fully saturated rings. The van der Waals surface area contributed by atoms with Gasteiger partial charge in [-0.2, -0.15) is 0 Å². The number of carbonyl (C=O) groups is 1. The zero-order valence-corrected chi connectivity index (χ0v) is 13.3. The van der Waals surface area contributed by atoms with Crippen LogP contribution in [-0.4, -0.2) is 25.3 Å². The summed E-state index contributed by atoms with van der Waals surface area (Å²) in [7, 11) is 3.13. The molecule has 0 spiro atoms. The molecule has 0 bridgehead atoms. The molecule has 0 saturated heterocycles. The van der Waals surface area contributed by atoms with Crippen LogP contribution in [0.2, 0.25) is 0 Å². The molecule has 23 heavy (non-hydrogen) atoms. The number of fused-ring (bicyclic) bond motifs is 1. The Morgan fingerprint density at radius 1 is 1.13 bits per heavy atom. The van der Waals surface area contributed by atoms with E-state index >= 15 is 0 Å². The Balaban J connectivity index is 1.81. The number of nitrogens with one attached hydrogen (secondary N) is 1. The second-order valence-corrected chi connectivity index (χ2v) is 5.52. The van der Waals surface area contributed by atoms with Crippen molar-refractivity contribution in [2.45, 2.75) is 32.1 Å². The Kier molecular flexibility index (Phi) is 4.50. The maximum absolute atomic E-state index is 12.5. The summed E-state index contributed by atoms with van der Waals surface area (Å²) in [6.07, 6.45) is 4.99. The molecule has 0 unspecified atom stereocenters. The summed E-state index contributed by atoms with van der Waals surface area (Å²) in [5.74, 6) is 1.76. The third-order valence-electron chi connectivity index (χ3n) is 4.06. The molecule has 122 valence electrons. The molecule has 0 radical (unpaired) electrons. The van der Waals surface area contributed by atoms with Gasteiger partial charge in [0.2, 0.25) is 0 Å². The first-order chi connectivity index (χ1) is 11.2. The summed E-state index contributed by atoms with van der Waals surface area (Å²) in [5, 5.41) is 6.81. The fourth-order valence-electron chi connectivity index (χ4n) is 2.84. The van der Waals surface area contributed by atoms with Gasteiger partial charge in [0.25, 0.3) is 5.91 Å². The average molecular weight is 316 g/mol. The lowest BCUT2D eigenvalue weighted by Gasteiger charge is -2.10. The van der Waals surface area contributed by atoms with Crippen LogP contribution in [0.15, 0.2) is 22.7 Å². The van der Waals surface area contributed by atoms with Crippen LogP contribution in [-0.2, 0) is 12.8 Å². The van der Waals surface area contributed by atoms with Gasteiger partial charge in [-0.25, -0.2) is 0 Å². The van der Waals surface area contributed by atoms with Crippen molar-refractivity contribution in [1.82, 2.24) is 5.16 Å². The Morgan fingerprint density at radius 3 is 2.70 bits per heavy atom. The molecule has 1 aromatic carbocycles. The van der Waals surface area contributed by atoms with Crippen molar-refractivity contribution in [3.8, 4) is 11.5 Å². The van der Waals surface area contributed by atoms with Crippen LogP contribution in [0, 0.1) is 0 Å². The van der Waals surface area contributed by atoms with Crippen LogP contribution >= 0.6 is 0 Å². The fraction of sp³-hybridized carbons (Fsp3) is 0.412. The van der Waals surface area contributed by atoms with Crippen LogP contribution in [0.4, 0.5) is 5.69 Å². The molecule has 6 nitrogen and oxygen atoms in total. The maximum Gasteiger partial charge on any atom is 0.278 e. The molecule has 0 saturated carbocycles. The van der Waals surface area contributed by atoms with E-state index in [1.54, 1.807) is 32.4 Å². The Bertz CT molecular complexity index is 709. The largest absolute Gasteiger partial charge is 0.493 e. The average Bonchev–Trinajstić information content (AvgIpc) is 2.83. The molecule has 1 aliphatic carbocycles. The van der Waals surface area contributed by atoms with E-state index in [4.69, 9.17) is 14.0 Å². The summed E-state index contributed by atoms with van der Waals surface area (Å²) in [6.45, 7) is 0. The zero-order chi connectivity index (χ0) is 16.2. The highest BCUT2D eigenvalue weighted by atomic mass is 16.5. The van der Waals surface area contributed by atoms with E-state index in [9.17, 15) is 4.79 Å². The first kappa shape index (κ1) is 15.4. The number of rotatable bonds is 4. The van der Waals surface area contributed by atoms with Gasteiger partial charge in [0.1, 0.15) is 5.76 Å². The van der Waals surface area contributed by atoms with E-state index in [1.807, 2.05) is 0 Å². The minimum atomic E-state index is -0.260. The first-order valence-electron chi connectivity index (χ1n) is 7.73. The number of anilines is 1. The van der Waals surface area contributed by atoms with Crippen LogP contribution in [0.5, 0.6) is 11.5 Å². The maximum atomic E-state index is 12.5. The van der Waals surface area contributed by atoms with E-state index in [0.717, 1.165) is 43.4 Å². The van der Waals surface area contributed by atoms with Gasteiger partial charge in [0.15, 0.2) is 17.2 Å². The summed E-state index contributed by atoms with van der Waals surface area (Å²) >= 11 is 0. The topological polar surface area (TPSA) is 73.6 Å². The monoisotopic (exact) mass is 316 g/mol. The summed E-state index contributed by atoms with van der Waals surface area (Å²) in [6, 6.07) is 5.23. The lowest BCUT2D eigenvalue weighted by molar-refractivity contribution is 0.101. The molecule has 0 atom stereocenters. The van der Waals surface area contributed by atoms with Gasteiger partial charge < -0.3 is 19.3 Å². The number of hydrogen-bond acceptors (Lipinski definition) is 5. The van der Waals surface area contributed by atoms with Gasteiger partial charge in [0, 0.05) is 23.7 Å². The van der Waals surface area contributed by atoms with Gasteiger partial charge in [-0.3, -0.25) is 4.79 Å². The highest BCUT2D eigenvalue weighted by Crippen LogP contribution is 2.30. The quantitative estimate of drug-likeness (QED) is 0.877. The third-order valence-corrected chi connectivity index (χ3v) is 4.06. The van der Waals surface area contributed by atoms with Crippen LogP contribution in [0.25, 0.3) is 0 Å². The number of benzene rings is 1. The number of carbonyl (C=O) groups excluding carboxylic acids is 1. The highest BCUT2D eigenvalue weighted by Gasteiger charge is 2.23. The molecule has 1 amide bonds. The van der Waals surface area contributed by atoms with Crippen molar-refractivity contribution >= 4 is 11.6 Å². The molecule has 1 aliphatic rings. The predicted octanol–water partition coefficient (Wildman–Crippen LogP) is 3.21. The Hall–Kier alpha value is -2.50. The van der Waals surface area contributed by atoms with Crippen molar-refractivity contribution in [2.24, 2.45) is 0 Å². The standard InChI is InChI=1S/C17H20N2O4/c1-21-14-9-8-11(10-15(14)22-2)18-17(20)16-12-6-4-3-5-7-13(12)23-19-16/h8-10H,3-7H2,1-2H3,(H,18,20). The molecule has 1 heterocycles. The van der Waals surface area contributed by atoms with Crippen molar-refractivity contribution in [1.29, 1.82) is 0 Å². The summed E-state index contributed by atoms with van der Waals surface area (Å²) < 4.78 is 15.8. The molecule has 0 aliphatic heterocycles. The van der Waals surface area contributed by atoms with Crippen molar-refractivity contribution in [3.63, 3.8) is 0 Å². The Labute approximate surface area is 134 Å². The van der Waals surface area contributed by atoms with Gasteiger partial charge in [-0.05, 0) is 31.4 Å². The molecular formula is C17H20N2O4. The SMILES string of the molecule is COc1ccc(NC(=O)c2noc3c2CCCCC3)cc1OC. The second-order valence-electron chi connectivity index (χ2n) is 5.52. The predicted molar refractivity (Wildman–Crippen MR) is 85.3 cm³/mol. The lowest BCUT2D eigenvalue weighted by atomic mass is 10.1. The van der Waals surface area contributed by atoms with Gasteiger partial charge in [-0.1, -0.05) is 11.6 Å². The number of aryl methyl sites for hydroxylation is 1. The first-order valence-corrected chi connectivity index (χ1v) is 7.73. The summed E-state index contributed by atoms with van der Waals surface area (Å²) in [4.78, 5) is 12.5. The number of ether oxygens (including phenoxy) is 2. The molecule has 2 aromatic rings. The molecule has 3 rings (SSSR count). The van der Waals surface area contributed by atoms with Crippen LogP contribution in [0.1, 0.15) is 41.1 Å². The van der Waals surface area contributed by atoms with E-state index in [2.05, 4.69) is 10.5 Å². The minimum Gasteiger partial charge on any atom is -0.493 e. The minimum absolute atomic E-state index is 0.260. The smallest absolute Gasteiger partial charge is 0.278 e. The number of methoxy groups -OCH3 is 2. The molecule has 6 heteroatoms. The number of hydrogen-bond donors (Lipinski definition) is 1. The van der Waals surface area contributed by atoms with Gasteiger partial charge in [0.05, 0.1) is 14.2 Å². The fourth-order valence-corrected chi connectivity index (χ4v) is 2.84. The molecular weight excluding hydrogens is 296 g/mol. The van der Waals surface area contributed by atoms with E-state index in [1.165, 1.54) is 0 Å². The zero-order valence-electron chi connectivity index (χ0n) is 13.3. The van der Waals surface area contributed by atoms with Crippen LogP contribution < -0.4 is 14.8 Å². The second kappa shape index (κ2) is 6.73. The molecule has 1 aromatic heterocycles.